The van der Waals surface area contributed by atoms with E-state index in [1.54, 1.807) is 44.1 Å². The van der Waals surface area contributed by atoms with Gasteiger partial charge in [0.25, 0.3) is 5.56 Å². The minimum atomic E-state index is -0.181. The fourth-order valence-electron chi connectivity index (χ4n) is 4.42. The first-order valence-corrected chi connectivity index (χ1v) is 12.0. The molecular weight excluding hydrogens is 488 g/mol. The van der Waals surface area contributed by atoms with Gasteiger partial charge in [0, 0.05) is 16.7 Å². The van der Waals surface area contributed by atoms with Crippen molar-refractivity contribution in [1.29, 1.82) is 0 Å². The molecule has 0 saturated carbocycles. The number of nitrogens with zero attached hydrogens (tertiary/aromatic N) is 2. The maximum Gasteiger partial charge on any atom is 0.266 e. The highest BCUT2D eigenvalue weighted by Crippen LogP contribution is 2.35. The van der Waals surface area contributed by atoms with Gasteiger partial charge in [-0.25, -0.2) is 4.98 Å². The van der Waals surface area contributed by atoms with Gasteiger partial charge >= 0.3 is 0 Å². The first-order valence-electron chi connectivity index (χ1n) is 11.6. The van der Waals surface area contributed by atoms with Gasteiger partial charge in [0.05, 0.1) is 37.9 Å². The zero-order valence-electron chi connectivity index (χ0n) is 20.9. The monoisotopic (exact) mass is 512 g/mol. The molecule has 1 aromatic heterocycles. The van der Waals surface area contributed by atoms with Crippen LogP contribution in [0.4, 0.5) is 0 Å². The van der Waals surface area contributed by atoms with Crippen molar-refractivity contribution in [3.05, 3.63) is 99.1 Å². The summed E-state index contributed by atoms with van der Waals surface area (Å²) in [5.41, 5.74) is 2.62. The molecule has 0 atom stereocenters. The molecular formula is C30H25ClN2O4. The van der Waals surface area contributed by atoms with Gasteiger partial charge in [-0.15, -0.1) is 0 Å². The molecule has 0 spiro atoms. The number of aromatic nitrogens is 2. The molecule has 4 aromatic carbocycles. The van der Waals surface area contributed by atoms with Crippen molar-refractivity contribution in [3.8, 4) is 22.9 Å². The lowest BCUT2D eigenvalue weighted by Gasteiger charge is -2.15. The predicted molar refractivity (Wildman–Crippen MR) is 150 cm³/mol. The molecule has 0 aliphatic rings. The van der Waals surface area contributed by atoms with E-state index in [4.69, 9.17) is 30.8 Å². The van der Waals surface area contributed by atoms with E-state index in [1.165, 1.54) is 0 Å². The third-order valence-electron chi connectivity index (χ3n) is 6.39. The summed E-state index contributed by atoms with van der Waals surface area (Å²) in [6, 6.07) is 20.8. The quantitative estimate of drug-likeness (QED) is 0.237. The van der Waals surface area contributed by atoms with Gasteiger partial charge in [-0.3, -0.25) is 9.36 Å². The molecule has 5 aromatic rings. The van der Waals surface area contributed by atoms with Crippen LogP contribution in [0.5, 0.6) is 17.2 Å². The van der Waals surface area contributed by atoms with Gasteiger partial charge in [-0.2, -0.15) is 0 Å². The zero-order chi connectivity index (χ0) is 26.1. The fourth-order valence-corrected chi connectivity index (χ4v) is 4.59. The largest absolute Gasteiger partial charge is 0.496 e. The third kappa shape index (κ3) is 4.41. The number of benzene rings is 4. The molecule has 0 unspecified atom stereocenters. The summed E-state index contributed by atoms with van der Waals surface area (Å²) >= 11 is 6.44. The Morgan fingerprint density at radius 3 is 2.19 bits per heavy atom. The van der Waals surface area contributed by atoms with Crippen molar-refractivity contribution in [2.45, 2.75) is 6.92 Å². The van der Waals surface area contributed by atoms with E-state index < -0.39 is 0 Å². The van der Waals surface area contributed by atoms with Crippen LogP contribution in [0.2, 0.25) is 5.02 Å². The Hall–Kier alpha value is -4.29. The van der Waals surface area contributed by atoms with Gasteiger partial charge in [-0.05, 0) is 65.7 Å². The second-order valence-corrected chi connectivity index (χ2v) is 8.90. The second kappa shape index (κ2) is 9.99. The van der Waals surface area contributed by atoms with Gasteiger partial charge in [-0.1, -0.05) is 41.9 Å². The molecule has 0 fully saturated rings. The van der Waals surface area contributed by atoms with Crippen molar-refractivity contribution in [2.75, 3.05) is 21.3 Å². The Morgan fingerprint density at radius 2 is 1.49 bits per heavy atom. The molecule has 6 nitrogen and oxygen atoms in total. The van der Waals surface area contributed by atoms with Gasteiger partial charge < -0.3 is 14.2 Å². The highest BCUT2D eigenvalue weighted by molar-refractivity contribution is 6.31. The molecule has 0 radical (unpaired) electrons. The van der Waals surface area contributed by atoms with E-state index in [0.29, 0.717) is 44.7 Å². The van der Waals surface area contributed by atoms with Crippen molar-refractivity contribution in [3.63, 3.8) is 0 Å². The molecule has 0 amide bonds. The summed E-state index contributed by atoms with van der Waals surface area (Å²) in [5, 5.41) is 3.08. The number of halogens is 1. The lowest BCUT2D eigenvalue weighted by molar-refractivity contribution is 0.348. The fraction of sp³-hybridized carbons (Fsp3) is 0.133. The number of methoxy groups -OCH3 is 3. The molecule has 0 aliphatic heterocycles. The standard InChI is InChI=1S/C30H25ClN2O4/c1-18-23(31)10-7-11-25(18)33-29(13-12-21-16-27(36-3)28(37-4)17-26(21)35-2)32-24-15-20-9-6-5-8-19(20)14-22(24)30(33)34/h5-17H,1-4H3. The average Bonchev–Trinajstić information content (AvgIpc) is 2.92. The van der Waals surface area contributed by atoms with E-state index in [1.807, 2.05) is 67.6 Å². The van der Waals surface area contributed by atoms with Crippen molar-refractivity contribution in [1.82, 2.24) is 9.55 Å². The maximum atomic E-state index is 14.0. The topological polar surface area (TPSA) is 62.6 Å². The summed E-state index contributed by atoms with van der Waals surface area (Å²) < 4.78 is 18.0. The Labute approximate surface area is 219 Å². The average molecular weight is 513 g/mol. The molecule has 1 heterocycles. The number of fused-ring (bicyclic) bond motifs is 2. The molecule has 0 bridgehead atoms. The van der Waals surface area contributed by atoms with Crippen molar-refractivity contribution < 1.29 is 14.2 Å². The lowest BCUT2D eigenvalue weighted by Crippen LogP contribution is -2.23. The smallest absolute Gasteiger partial charge is 0.266 e. The van der Waals surface area contributed by atoms with E-state index >= 15 is 0 Å². The molecule has 0 N–H and O–H groups in total. The first kappa shape index (κ1) is 24.4. The number of rotatable bonds is 6. The van der Waals surface area contributed by atoms with E-state index in [-0.39, 0.29) is 5.56 Å². The van der Waals surface area contributed by atoms with Crippen LogP contribution in [0, 0.1) is 6.92 Å². The van der Waals surface area contributed by atoms with Crippen molar-refractivity contribution >= 4 is 45.4 Å². The Morgan fingerprint density at radius 1 is 0.811 bits per heavy atom. The first-order chi connectivity index (χ1) is 17.9. The second-order valence-electron chi connectivity index (χ2n) is 8.49. The number of hydrogen-bond acceptors (Lipinski definition) is 5. The van der Waals surface area contributed by atoms with Crippen LogP contribution < -0.4 is 19.8 Å². The lowest BCUT2D eigenvalue weighted by atomic mass is 10.1. The zero-order valence-corrected chi connectivity index (χ0v) is 21.7. The van der Waals surface area contributed by atoms with E-state index in [9.17, 15) is 4.79 Å². The molecule has 0 saturated heterocycles. The minimum absolute atomic E-state index is 0.181. The van der Waals surface area contributed by atoms with Crippen molar-refractivity contribution in [2.24, 2.45) is 0 Å². The number of hydrogen-bond donors (Lipinski definition) is 0. The Kier molecular flexibility index (Phi) is 6.59. The molecule has 186 valence electrons. The minimum Gasteiger partial charge on any atom is -0.496 e. The van der Waals surface area contributed by atoms with E-state index in [2.05, 4.69) is 0 Å². The van der Waals surface area contributed by atoms with E-state index in [0.717, 1.165) is 21.9 Å². The molecule has 0 aliphatic carbocycles. The summed E-state index contributed by atoms with van der Waals surface area (Å²) in [6.07, 6.45) is 3.63. The van der Waals surface area contributed by atoms with Gasteiger partial charge in [0.2, 0.25) is 0 Å². The summed E-state index contributed by atoms with van der Waals surface area (Å²) in [4.78, 5) is 18.9. The summed E-state index contributed by atoms with van der Waals surface area (Å²) in [5.74, 6) is 2.16. The van der Waals surface area contributed by atoms with Gasteiger partial charge in [0.1, 0.15) is 11.6 Å². The van der Waals surface area contributed by atoms with Crippen LogP contribution in [0.1, 0.15) is 17.0 Å². The van der Waals surface area contributed by atoms with Gasteiger partial charge in [0.15, 0.2) is 11.5 Å². The normalized spacial score (nSPS) is 11.4. The summed E-state index contributed by atoms with van der Waals surface area (Å²) in [7, 11) is 4.73. The third-order valence-corrected chi connectivity index (χ3v) is 6.80. The Bertz CT molecular complexity index is 1740. The molecule has 5 rings (SSSR count). The molecule has 7 heteroatoms. The van der Waals surface area contributed by atoms with Crippen LogP contribution in [-0.4, -0.2) is 30.9 Å². The summed E-state index contributed by atoms with van der Waals surface area (Å²) in [6.45, 7) is 1.89. The molecule has 37 heavy (non-hydrogen) atoms. The maximum absolute atomic E-state index is 14.0. The SMILES string of the molecule is COc1cc(OC)c(OC)cc1C=Cc1nc2cc3ccccc3cc2c(=O)n1-c1cccc(Cl)c1C. The van der Waals surface area contributed by atoms with Crippen LogP contribution in [0.3, 0.4) is 0 Å². The van der Waals surface area contributed by atoms with Crippen LogP contribution in [-0.2, 0) is 0 Å². The highest BCUT2D eigenvalue weighted by Gasteiger charge is 2.16. The van der Waals surface area contributed by atoms with Crippen LogP contribution >= 0.6 is 11.6 Å². The Balaban J connectivity index is 1.79. The predicted octanol–water partition coefficient (Wildman–Crippen LogP) is 6.70. The number of ether oxygens (including phenoxy) is 3. The van der Waals surface area contributed by atoms with Crippen LogP contribution in [0.15, 0.2) is 71.5 Å². The highest BCUT2D eigenvalue weighted by atomic mass is 35.5. The van der Waals surface area contributed by atoms with Crippen LogP contribution in [0.25, 0.3) is 39.5 Å².